The Morgan fingerprint density at radius 1 is 1.00 bits per heavy atom. The molecule has 0 saturated carbocycles. The van der Waals surface area contributed by atoms with Crippen LogP contribution >= 0.6 is 11.3 Å². The Balaban J connectivity index is 1.61. The standard InChI is InChI=1S/C22H23N3O4S2/c1-31(27,28)24-18-9-5-8-17(14-18)23-21(26)20-15-19(16-6-3-2-4-7-16)22(30-20)25-10-12-29-13-11-25/h2-9,14-15,24H,10-13H2,1H3,(H,23,26). The first-order chi connectivity index (χ1) is 14.9. The fourth-order valence-electron chi connectivity index (χ4n) is 3.39. The monoisotopic (exact) mass is 457 g/mol. The number of morpholine rings is 1. The summed E-state index contributed by atoms with van der Waals surface area (Å²) in [5.74, 6) is -0.238. The van der Waals surface area contributed by atoms with Crippen molar-refractivity contribution in [2.24, 2.45) is 0 Å². The number of benzene rings is 2. The van der Waals surface area contributed by atoms with E-state index in [2.05, 4.69) is 14.9 Å². The van der Waals surface area contributed by atoms with Crippen LogP contribution < -0.4 is 14.9 Å². The molecule has 0 aliphatic carbocycles. The number of hydrogen-bond donors (Lipinski definition) is 2. The molecule has 31 heavy (non-hydrogen) atoms. The minimum atomic E-state index is -3.40. The second kappa shape index (κ2) is 9.09. The average molecular weight is 458 g/mol. The van der Waals surface area contributed by atoms with Crippen molar-refractivity contribution < 1.29 is 17.9 Å². The second-order valence-corrected chi connectivity index (χ2v) is 9.98. The Morgan fingerprint density at radius 3 is 2.42 bits per heavy atom. The van der Waals surface area contributed by atoms with Gasteiger partial charge in [-0.25, -0.2) is 8.42 Å². The Hall–Kier alpha value is -2.88. The molecule has 4 rings (SSSR count). The molecule has 1 aromatic heterocycles. The highest BCUT2D eigenvalue weighted by Crippen LogP contribution is 2.39. The maximum Gasteiger partial charge on any atom is 0.265 e. The van der Waals surface area contributed by atoms with E-state index in [1.807, 2.05) is 36.4 Å². The predicted molar refractivity (Wildman–Crippen MR) is 126 cm³/mol. The van der Waals surface area contributed by atoms with Crippen molar-refractivity contribution in [2.45, 2.75) is 0 Å². The molecule has 3 aromatic rings. The van der Waals surface area contributed by atoms with E-state index in [1.54, 1.807) is 24.3 Å². The average Bonchev–Trinajstić information content (AvgIpc) is 3.20. The lowest BCUT2D eigenvalue weighted by Crippen LogP contribution is -2.35. The molecule has 0 spiro atoms. The van der Waals surface area contributed by atoms with Gasteiger partial charge in [-0.2, -0.15) is 0 Å². The van der Waals surface area contributed by atoms with Gasteiger partial charge in [-0.3, -0.25) is 9.52 Å². The third-order valence-corrected chi connectivity index (χ3v) is 6.54. The lowest BCUT2D eigenvalue weighted by molar-refractivity contribution is 0.103. The van der Waals surface area contributed by atoms with Crippen molar-refractivity contribution in [1.29, 1.82) is 0 Å². The van der Waals surface area contributed by atoms with Gasteiger partial charge in [-0.15, -0.1) is 11.3 Å². The normalized spacial score (nSPS) is 14.3. The summed E-state index contributed by atoms with van der Waals surface area (Å²) in [4.78, 5) is 15.8. The molecule has 2 N–H and O–H groups in total. The first kappa shape index (κ1) is 21.4. The smallest absolute Gasteiger partial charge is 0.265 e. The van der Waals surface area contributed by atoms with Gasteiger partial charge in [0, 0.05) is 24.3 Å². The number of nitrogens with zero attached hydrogens (tertiary/aromatic N) is 1. The zero-order valence-corrected chi connectivity index (χ0v) is 18.6. The van der Waals surface area contributed by atoms with Gasteiger partial charge in [0.25, 0.3) is 5.91 Å². The molecule has 0 unspecified atom stereocenters. The van der Waals surface area contributed by atoms with E-state index in [-0.39, 0.29) is 5.91 Å². The SMILES string of the molecule is CS(=O)(=O)Nc1cccc(NC(=O)c2cc(-c3ccccc3)c(N3CCOCC3)s2)c1. The highest BCUT2D eigenvalue weighted by Gasteiger charge is 2.22. The van der Waals surface area contributed by atoms with E-state index in [9.17, 15) is 13.2 Å². The molecule has 7 nitrogen and oxygen atoms in total. The molecular weight excluding hydrogens is 434 g/mol. The predicted octanol–water partition coefficient (Wildman–Crippen LogP) is 3.88. The van der Waals surface area contributed by atoms with E-state index < -0.39 is 10.0 Å². The number of carbonyl (C=O) groups excluding carboxylic acids is 1. The molecule has 2 heterocycles. The fourth-order valence-corrected chi connectivity index (χ4v) is 5.07. The number of thiophene rings is 1. The molecule has 1 saturated heterocycles. The number of rotatable bonds is 6. The van der Waals surface area contributed by atoms with E-state index in [4.69, 9.17) is 4.74 Å². The molecule has 0 radical (unpaired) electrons. The molecule has 1 fully saturated rings. The van der Waals surface area contributed by atoms with Crippen LogP contribution in [0.15, 0.2) is 60.7 Å². The number of ether oxygens (including phenoxy) is 1. The van der Waals surface area contributed by atoms with E-state index in [0.717, 1.165) is 35.5 Å². The van der Waals surface area contributed by atoms with Crippen LogP contribution in [0.1, 0.15) is 9.67 Å². The van der Waals surface area contributed by atoms with Gasteiger partial charge in [-0.1, -0.05) is 36.4 Å². The molecule has 9 heteroatoms. The molecule has 162 valence electrons. The van der Waals surface area contributed by atoms with Crippen molar-refractivity contribution in [3.8, 4) is 11.1 Å². The number of hydrogen-bond acceptors (Lipinski definition) is 6. The first-order valence-corrected chi connectivity index (χ1v) is 12.5. The van der Waals surface area contributed by atoms with Crippen LogP contribution in [0.5, 0.6) is 0 Å². The fraction of sp³-hybridized carbons (Fsp3) is 0.227. The van der Waals surface area contributed by atoms with Crippen LogP contribution in [0, 0.1) is 0 Å². The minimum absolute atomic E-state index is 0.238. The topological polar surface area (TPSA) is 87.7 Å². The lowest BCUT2D eigenvalue weighted by atomic mass is 10.1. The molecule has 0 bridgehead atoms. The van der Waals surface area contributed by atoms with Crippen molar-refractivity contribution >= 4 is 43.6 Å². The van der Waals surface area contributed by atoms with Gasteiger partial charge in [0.15, 0.2) is 0 Å². The van der Waals surface area contributed by atoms with Crippen molar-refractivity contribution in [3.63, 3.8) is 0 Å². The van der Waals surface area contributed by atoms with Crippen LogP contribution in [0.4, 0.5) is 16.4 Å². The van der Waals surface area contributed by atoms with E-state index in [0.29, 0.717) is 29.5 Å². The maximum atomic E-state index is 13.0. The summed E-state index contributed by atoms with van der Waals surface area (Å²) in [6.07, 6.45) is 1.09. The minimum Gasteiger partial charge on any atom is -0.378 e. The summed E-state index contributed by atoms with van der Waals surface area (Å²) in [7, 11) is -3.40. The van der Waals surface area contributed by atoms with E-state index >= 15 is 0 Å². The zero-order valence-electron chi connectivity index (χ0n) is 17.0. The number of carbonyl (C=O) groups is 1. The molecular formula is C22H23N3O4S2. The maximum absolute atomic E-state index is 13.0. The summed E-state index contributed by atoms with van der Waals surface area (Å²) in [5.41, 5.74) is 2.98. The number of nitrogens with one attached hydrogen (secondary N) is 2. The molecule has 1 aliphatic rings. The second-order valence-electron chi connectivity index (χ2n) is 7.20. The summed E-state index contributed by atoms with van der Waals surface area (Å²) < 4.78 is 30.8. The third-order valence-electron chi connectivity index (χ3n) is 4.74. The van der Waals surface area contributed by atoms with Crippen LogP contribution in [0.2, 0.25) is 0 Å². The highest BCUT2D eigenvalue weighted by molar-refractivity contribution is 7.92. The summed E-state index contributed by atoms with van der Waals surface area (Å²) in [6.45, 7) is 2.88. The van der Waals surface area contributed by atoms with Crippen LogP contribution in [0.3, 0.4) is 0 Å². The zero-order chi connectivity index (χ0) is 21.8. The quantitative estimate of drug-likeness (QED) is 0.587. The van der Waals surface area contributed by atoms with E-state index in [1.165, 1.54) is 11.3 Å². The molecule has 0 atom stereocenters. The van der Waals surface area contributed by atoms with Crippen LogP contribution in [-0.2, 0) is 14.8 Å². The van der Waals surface area contributed by atoms with Crippen LogP contribution in [-0.4, -0.2) is 46.9 Å². The first-order valence-electron chi connectivity index (χ1n) is 9.80. The molecule has 1 aliphatic heterocycles. The third kappa shape index (κ3) is 5.43. The van der Waals surface area contributed by atoms with Crippen molar-refractivity contribution in [2.75, 3.05) is 47.5 Å². The summed E-state index contributed by atoms with van der Waals surface area (Å²) in [5, 5.41) is 3.92. The van der Waals surface area contributed by atoms with Gasteiger partial charge < -0.3 is 15.0 Å². The summed E-state index contributed by atoms with van der Waals surface area (Å²) in [6, 6.07) is 18.5. The Morgan fingerprint density at radius 2 is 1.71 bits per heavy atom. The van der Waals surface area contributed by atoms with Gasteiger partial charge in [-0.05, 0) is 29.8 Å². The summed E-state index contributed by atoms with van der Waals surface area (Å²) >= 11 is 1.45. The highest BCUT2D eigenvalue weighted by atomic mass is 32.2. The lowest BCUT2D eigenvalue weighted by Gasteiger charge is -2.28. The largest absolute Gasteiger partial charge is 0.378 e. The number of sulfonamides is 1. The Labute approximate surface area is 185 Å². The Kier molecular flexibility index (Phi) is 6.26. The van der Waals surface area contributed by atoms with Gasteiger partial charge in [0.1, 0.15) is 0 Å². The van der Waals surface area contributed by atoms with Gasteiger partial charge >= 0.3 is 0 Å². The molecule has 1 amide bonds. The number of anilines is 3. The Bertz CT molecular complexity index is 1170. The van der Waals surface area contributed by atoms with Crippen molar-refractivity contribution in [3.05, 3.63) is 65.5 Å². The van der Waals surface area contributed by atoms with Crippen molar-refractivity contribution in [1.82, 2.24) is 0 Å². The van der Waals surface area contributed by atoms with Crippen LogP contribution in [0.25, 0.3) is 11.1 Å². The number of amides is 1. The van der Waals surface area contributed by atoms with Gasteiger partial charge in [0.2, 0.25) is 10.0 Å². The molecule has 2 aromatic carbocycles. The van der Waals surface area contributed by atoms with Gasteiger partial charge in [0.05, 0.1) is 35.0 Å².